The van der Waals surface area contributed by atoms with Crippen molar-refractivity contribution in [2.45, 2.75) is 46.3 Å². The average Bonchev–Trinajstić information content (AvgIpc) is 2.46. The number of hydrogen-bond acceptors (Lipinski definition) is 3. The molecule has 0 spiro atoms. The molecule has 0 saturated heterocycles. The van der Waals surface area contributed by atoms with E-state index in [2.05, 4.69) is 31.0 Å². The third-order valence-corrected chi connectivity index (χ3v) is 3.54. The van der Waals surface area contributed by atoms with Gasteiger partial charge in [0.15, 0.2) is 0 Å². The van der Waals surface area contributed by atoms with Gasteiger partial charge in [-0.05, 0) is 50.5 Å². The summed E-state index contributed by atoms with van der Waals surface area (Å²) in [5.41, 5.74) is 10.4. The second-order valence-corrected chi connectivity index (χ2v) is 5.54. The molecule has 0 aliphatic carbocycles. The van der Waals surface area contributed by atoms with E-state index in [0.29, 0.717) is 6.61 Å². The fraction of sp³-hybridized carbons (Fsp3) is 0.389. The van der Waals surface area contributed by atoms with Crippen molar-refractivity contribution < 1.29 is 4.74 Å². The van der Waals surface area contributed by atoms with Gasteiger partial charge in [0.25, 0.3) is 0 Å². The van der Waals surface area contributed by atoms with Crippen molar-refractivity contribution in [1.82, 2.24) is 4.98 Å². The topological polar surface area (TPSA) is 48.1 Å². The molecule has 1 aromatic carbocycles. The van der Waals surface area contributed by atoms with Crippen molar-refractivity contribution in [3.8, 4) is 5.75 Å². The third-order valence-electron chi connectivity index (χ3n) is 3.54. The van der Waals surface area contributed by atoms with Crippen molar-refractivity contribution >= 4 is 0 Å². The lowest BCUT2D eigenvalue weighted by molar-refractivity contribution is 0.297. The zero-order valence-electron chi connectivity index (χ0n) is 13.1. The molecule has 1 atom stereocenters. The summed E-state index contributed by atoms with van der Waals surface area (Å²) in [5, 5.41) is 0. The largest absolute Gasteiger partial charge is 0.487 e. The zero-order valence-corrected chi connectivity index (χ0v) is 13.1. The fourth-order valence-corrected chi connectivity index (χ4v) is 2.27. The highest BCUT2D eigenvalue weighted by molar-refractivity contribution is 5.37. The molecule has 0 bridgehead atoms. The van der Waals surface area contributed by atoms with Crippen LogP contribution >= 0.6 is 0 Å². The molecule has 112 valence electrons. The molecule has 21 heavy (non-hydrogen) atoms. The Kier molecular flexibility index (Phi) is 5.34. The van der Waals surface area contributed by atoms with E-state index in [1.807, 2.05) is 31.2 Å². The summed E-state index contributed by atoms with van der Waals surface area (Å²) >= 11 is 0. The second-order valence-electron chi connectivity index (χ2n) is 5.54. The van der Waals surface area contributed by atoms with Gasteiger partial charge in [-0.2, -0.15) is 0 Å². The highest BCUT2D eigenvalue weighted by atomic mass is 16.5. The maximum absolute atomic E-state index is 6.08. The lowest BCUT2D eigenvalue weighted by Crippen LogP contribution is -2.21. The Hall–Kier alpha value is -1.87. The van der Waals surface area contributed by atoms with Gasteiger partial charge in [-0.3, -0.25) is 4.98 Å². The highest BCUT2D eigenvalue weighted by Gasteiger charge is 2.09. The minimum Gasteiger partial charge on any atom is -0.487 e. The molecular weight excluding hydrogens is 260 g/mol. The lowest BCUT2D eigenvalue weighted by Gasteiger charge is -2.15. The number of hydrogen-bond donors (Lipinski definition) is 1. The summed E-state index contributed by atoms with van der Waals surface area (Å²) in [4.78, 5) is 4.46. The standard InChI is InChI=1S/C18H24N2O/c1-4-16(19)11-15-10-13(2)8-9-18(15)21-12-17-7-5-6-14(3)20-17/h5-10,16H,4,11-12,19H2,1-3H3. The summed E-state index contributed by atoms with van der Waals surface area (Å²) in [6, 6.07) is 12.4. The van der Waals surface area contributed by atoms with E-state index in [4.69, 9.17) is 10.5 Å². The van der Waals surface area contributed by atoms with Gasteiger partial charge in [0.05, 0.1) is 5.69 Å². The first-order valence-corrected chi connectivity index (χ1v) is 7.49. The van der Waals surface area contributed by atoms with Crippen LogP contribution in [0, 0.1) is 13.8 Å². The van der Waals surface area contributed by atoms with Gasteiger partial charge in [-0.15, -0.1) is 0 Å². The molecule has 2 N–H and O–H groups in total. The molecule has 2 rings (SSSR count). The van der Waals surface area contributed by atoms with Crippen LogP contribution in [0.1, 0.15) is 35.9 Å². The van der Waals surface area contributed by atoms with E-state index >= 15 is 0 Å². The number of aromatic nitrogens is 1. The Morgan fingerprint density at radius 2 is 2.00 bits per heavy atom. The van der Waals surface area contributed by atoms with Crippen LogP contribution < -0.4 is 10.5 Å². The van der Waals surface area contributed by atoms with Gasteiger partial charge >= 0.3 is 0 Å². The quantitative estimate of drug-likeness (QED) is 0.882. The molecule has 1 aromatic heterocycles. The van der Waals surface area contributed by atoms with Crippen LogP contribution in [0.15, 0.2) is 36.4 Å². The van der Waals surface area contributed by atoms with E-state index in [1.54, 1.807) is 0 Å². The van der Waals surface area contributed by atoms with Crippen LogP contribution in [0.2, 0.25) is 0 Å². The van der Waals surface area contributed by atoms with E-state index in [9.17, 15) is 0 Å². The van der Waals surface area contributed by atoms with Crippen LogP contribution in [-0.2, 0) is 13.0 Å². The van der Waals surface area contributed by atoms with Crippen LogP contribution in [0.3, 0.4) is 0 Å². The number of pyridine rings is 1. The number of nitrogens with zero attached hydrogens (tertiary/aromatic N) is 1. The summed E-state index contributed by atoms with van der Waals surface area (Å²) in [5.74, 6) is 0.910. The summed E-state index contributed by atoms with van der Waals surface area (Å²) in [7, 11) is 0. The van der Waals surface area contributed by atoms with Gasteiger partial charge in [0, 0.05) is 11.7 Å². The Labute approximate surface area is 127 Å². The molecular formula is C18H24N2O. The van der Waals surface area contributed by atoms with E-state index < -0.39 is 0 Å². The Morgan fingerprint density at radius 1 is 1.19 bits per heavy atom. The molecule has 0 saturated carbocycles. The monoisotopic (exact) mass is 284 g/mol. The molecule has 0 aliphatic rings. The molecule has 0 fully saturated rings. The maximum Gasteiger partial charge on any atom is 0.130 e. The van der Waals surface area contributed by atoms with Gasteiger partial charge in [0.2, 0.25) is 0 Å². The summed E-state index contributed by atoms with van der Waals surface area (Å²) < 4.78 is 5.96. The van der Waals surface area contributed by atoms with Gasteiger partial charge in [0.1, 0.15) is 12.4 Å². The first-order chi connectivity index (χ1) is 10.1. The number of rotatable bonds is 6. The Bertz CT molecular complexity index is 596. The number of nitrogens with two attached hydrogens (primary N) is 1. The number of benzene rings is 1. The zero-order chi connectivity index (χ0) is 15.2. The SMILES string of the molecule is CCC(N)Cc1cc(C)ccc1OCc1cccc(C)n1. The van der Waals surface area contributed by atoms with Crippen LogP contribution in [0.5, 0.6) is 5.75 Å². The molecule has 3 nitrogen and oxygen atoms in total. The van der Waals surface area contributed by atoms with Crippen molar-refractivity contribution in [1.29, 1.82) is 0 Å². The molecule has 0 radical (unpaired) electrons. The third kappa shape index (κ3) is 4.57. The summed E-state index contributed by atoms with van der Waals surface area (Å²) in [6.45, 7) is 6.67. The van der Waals surface area contributed by atoms with Crippen LogP contribution in [-0.4, -0.2) is 11.0 Å². The first-order valence-electron chi connectivity index (χ1n) is 7.49. The predicted molar refractivity (Wildman–Crippen MR) is 86.5 cm³/mol. The second kappa shape index (κ2) is 7.23. The normalized spacial score (nSPS) is 12.2. The highest BCUT2D eigenvalue weighted by Crippen LogP contribution is 2.23. The predicted octanol–water partition coefficient (Wildman–Crippen LogP) is 3.56. The van der Waals surface area contributed by atoms with Crippen LogP contribution in [0.4, 0.5) is 0 Å². The number of aryl methyl sites for hydroxylation is 2. The van der Waals surface area contributed by atoms with Crippen molar-refractivity contribution in [2.75, 3.05) is 0 Å². The van der Waals surface area contributed by atoms with Crippen LogP contribution in [0.25, 0.3) is 0 Å². The Balaban J connectivity index is 2.11. The molecule has 0 aliphatic heterocycles. The molecule has 2 aromatic rings. The maximum atomic E-state index is 6.08. The molecule has 1 heterocycles. The van der Waals surface area contributed by atoms with E-state index in [-0.39, 0.29) is 6.04 Å². The Morgan fingerprint density at radius 3 is 2.71 bits per heavy atom. The van der Waals surface area contributed by atoms with E-state index in [0.717, 1.165) is 30.0 Å². The molecule has 0 amide bonds. The van der Waals surface area contributed by atoms with Crippen molar-refractivity contribution in [2.24, 2.45) is 5.73 Å². The minimum absolute atomic E-state index is 0.172. The minimum atomic E-state index is 0.172. The lowest BCUT2D eigenvalue weighted by atomic mass is 10.0. The number of ether oxygens (including phenoxy) is 1. The first kappa shape index (κ1) is 15.5. The summed E-state index contributed by atoms with van der Waals surface area (Å²) in [6.07, 6.45) is 1.81. The smallest absolute Gasteiger partial charge is 0.130 e. The molecule has 3 heteroatoms. The fourth-order valence-electron chi connectivity index (χ4n) is 2.27. The van der Waals surface area contributed by atoms with Crippen molar-refractivity contribution in [3.63, 3.8) is 0 Å². The van der Waals surface area contributed by atoms with Crippen molar-refractivity contribution in [3.05, 3.63) is 58.9 Å². The van der Waals surface area contributed by atoms with Gasteiger partial charge in [-0.25, -0.2) is 0 Å². The average molecular weight is 284 g/mol. The van der Waals surface area contributed by atoms with Gasteiger partial charge in [-0.1, -0.05) is 30.7 Å². The van der Waals surface area contributed by atoms with Gasteiger partial charge < -0.3 is 10.5 Å². The molecule has 1 unspecified atom stereocenters. The van der Waals surface area contributed by atoms with E-state index in [1.165, 1.54) is 11.1 Å².